The molecule has 0 N–H and O–H groups in total. The third-order valence-electron chi connectivity index (χ3n) is 3.64. The number of carbonyl (C=O) groups excluding carboxylic acids is 4. The first-order valence-corrected chi connectivity index (χ1v) is 9.70. The van der Waals surface area contributed by atoms with Crippen LogP contribution in [0.1, 0.15) is 41.0 Å². The molecule has 0 aromatic rings. The maximum absolute atomic E-state index is 11.6. The van der Waals surface area contributed by atoms with Crippen molar-refractivity contribution in [3.05, 3.63) is 0 Å². The molecule has 0 bridgehead atoms. The molecule has 154 valence electrons. The van der Waals surface area contributed by atoms with Crippen LogP contribution in [0, 0.1) is 0 Å². The zero-order valence-electron chi connectivity index (χ0n) is 15.9. The first-order valence-electron chi connectivity index (χ1n) is 8.45. The number of hydrogen-bond acceptors (Lipinski definition) is 9. The molecular formula is C17H25IO9. The third kappa shape index (κ3) is 7.99. The van der Waals surface area contributed by atoms with Gasteiger partial charge in [-0.2, -0.15) is 0 Å². The van der Waals surface area contributed by atoms with Crippen LogP contribution in [0.4, 0.5) is 0 Å². The molecule has 0 spiro atoms. The van der Waals surface area contributed by atoms with Gasteiger partial charge in [0.15, 0.2) is 18.3 Å². The second-order valence-corrected chi connectivity index (χ2v) is 8.38. The van der Waals surface area contributed by atoms with Crippen molar-refractivity contribution in [1.29, 1.82) is 0 Å². The van der Waals surface area contributed by atoms with Crippen molar-refractivity contribution in [2.45, 2.75) is 75.5 Å². The van der Waals surface area contributed by atoms with Gasteiger partial charge in [-0.25, -0.2) is 0 Å². The van der Waals surface area contributed by atoms with Gasteiger partial charge in [-0.1, -0.05) is 29.5 Å². The number of hydrogen-bond donors (Lipinski definition) is 0. The van der Waals surface area contributed by atoms with E-state index in [4.69, 9.17) is 23.7 Å². The predicted molar refractivity (Wildman–Crippen MR) is 100 cm³/mol. The molecule has 0 aromatic heterocycles. The molecule has 1 fully saturated rings. The van der Waals surface area contributed by atoms with Gasteiger partial charge in [-0.15, -0.1) is 0 Å². The molecule has 0 amide bonds. The Bertz CT molecular complexity index is 563. The highest BCUT2D eigenvalue weighted by molar-refractivity contribution is 14.1. The molecule has 0 radical (unpaired) electrons. The second kappa shape index (κ2) is 10.8. The van der Waals surface area contributed by atoms with Crippen LogP contribution in [0.15, 0.2) is 0 Å². The van der Waals surface area contributed by atoms with Crippen molar-refractivity contribution in [1.82, 2.24) is 0 Å². The Balaban J connectivity index is 3.27. The Hall–Kier alpha value is -1.43. The van der Waals surface area contributed by atoms with Crippen LogP contribution in [-0.2, 0) is 42.9 Å². The summed E-state index contributed by atoms with van der Waals surface area (Å²) in [5.41, 5.74) is 0. The van der Waals surface area contributed by atoms with Crippen LogP contribution in [-0.4, -0.2) is 64.9 Å². The molecular weight excluding hydrogens is 475 g/mol. The van der Waals surface area contributed by atoms with Gasteiger partial charge < -0.3 is 23.7 Å². The first kappa shape index (κ1) is 23.6. The zero-order valence-corrected chi connectivity index (χ0v) is 18.1. The SMILES string of the molecule is CC(=O)OC[C@H]1O[C@@H](C[C@@H](C)I)[C@@H](OC(C)=O)[C@@H](OC(C)=O)[C@@H]1OC(C)=O. The minimum absolute atomic E-state index is 0.142. The monoisotopic (exact) mass is 500 g/mol. The molecule has 0 unspecified atom stereocenters. The summed E-state index contributed by atoms with van der Waals surface area (Å²) in [5, 5.41) is 0. The molecule has 1 heterocycles. The van der Waals surface area contributed by atoms with Crippen LogP contribution in [0.3, 0.4) is 0 Å². The summed E-state index contributed by atoms with van der Waals surface area (Å²) < 4.78 is 27.1. The summed E-state index contributed by atoms with van der Waals surface area (Å²) >= 11 is 2.19. The number of halogens is 1. The van der Waals surface area contributed by atoms with E-state index in [1.54, 1.807) is 0 Å². The summed E-state index contributed by atoms with van der Waals surface area (Å²) in [6.45, 7) is 6.58. The summed E-state index contributed by atoms with van der Waals surface area (Å²) in [7, 11) is 0. The molecule has 0 aromatic carbocycles. The number of alkyl halides is 1. The number of rotatable bonds is 7. The summed E-state index contributed by atoms with van der Waals surface area (Å²) in [5.74, 6) is -2.41. The van der Waals surface area contributed by atoms with E-state index in [-0.39, 0.29) is 10.5 Å². The number of esters is 4. The highest BCUT2D eigenvalue weighted by Gasteiger charge is 2.52. The van der Waals surface area contributed by atoms with Crippen molar-refractivity contribution < 1.29 is 42.9 Å². The number of carbonyl (C=O) groups is 4. The second-order valence-electron chi connectivity index (χ2n) is 6.25. The van der Waals surface area contributed by atoms with E-state index in [1.165, 1.54) is 27.7 Å². The Morgan fingerprint density at radius 1 is 0.815 bits per heavy atom. The maximum atomic E-state index is 11.6. The third-order valence-corrected chi connectivity index (χ3v) is 4.15. The van der Waals surface area contributed by atoms with Gasteiger partial charge in [0.2, 0.25) is 0 Å². The summed E-state index contributed by atoms with van der Waals surface area (Å²) in [6, 6.07) is 0. The lowest BCUT2D eigenvalue weighted by molar-refractivity contribution is -0.253. The first-order chi connectivity index (χ1) is 12.5. The van der Waals surface area contributed by atoms with E-state index < -0.39 is 54.4 Å². The minimum atomic E-state index is -1.10. The average Bonchev–Trinajstić information content (AvgIpc) is 2.49. The van der Waals surface area contributed by atoms with E-state index in [0.717, 1.165) is 0 Å². The molecule has 1 saturated heterocycles. The highest BCUT2D eigenvalue weighted by atomic mass is 127. The van der Waals surface area contributed by atoms with Crippen LogP contribution in [0.2, 0.25) is 0 Å². The Labute approximate surface area is 171 Å². The van der Waals surface area contributed by atoms with E-state index in [9.17, 15) is 19.2 Å². The fraction of sp³-hybridized carbons (Fsp3) is 0.765. The average molecular weight is 500 g/mol. The lowest BCUT2D eigenvalue weighted by Crippen LogP contribution is -2.62. The van der Waals surface area contributed by atoms with Crippen molar-refractivity contribution in [2.75, 3.05) is 6.61 Å². The zero-order chi connectivity index (χ0) is 20.7. The van der Waals surface area contributed by atoms with Crippen molar-refractivity contribution >= 4 is 46.5 Å². The Kier molecular flexibility index (Phi) is 9.43. The Morgan fingerprint density at radius 2 is 1.26 bits per heavy atom. The van der Waals surface area contributed by atoms with Gasteiger partial charge in [0.1, 0.15) is 18.8 Å². The van der Waals surface area contributed by atoms with Gasteiger partial charge in [0.25, 0.3) is 0 Å². The standard InChI is InChI=1S/C17H25IO9/c1-8(18)6-13-15(24-10(3)20)17(26-12(5)22)16(25-11(4)21)14(27-13)7-23-9(2)19/h8,13-17H,6-7H2,1-5H3/t8-,13+,14-,15-,16-,17-/m1/s1. The molecule has 6 atom stereocenters. The quantitative estimate of drug-likeness (QED) is 0.221. The molecule has 1 aliphatic rings. The van der Waals surface area contributed by atoms with Crippen molar-refractivity contribution in [3.8, 4) is 0 Å². The summed E-state index contributed by atoms with van der Waals surface area (Å²) in [6.07, 6.45) is -4.21. The minimum Gasteiger partial charge on any atom is -0.463 e. The largest absolute Gasteiger partial charge is 0.463 e. The van der Waals surface area contributed by atoms with Crippen LogP contribution < -0.4 is 0 Å². The maximum Gasteiger partial charge on any atom is 0.303 e. The molecule has 9 nitrogen and oxygen atoms in total. The normalized spacial score (nSPS) is 28.6. The van der Waals surface area contributed by atoms with Crippen molar-refractivity contribution in [3.63, 3.8) is 0 Å². The van der Waals surface area contributed by atoms with Gasteiger partial charge in [-0.05, 0) is 6.42 Å². The van der Waals surface area contributed by atoms with Gasteiger partial charge in [-0.3, -0.25) is 19.2 Å². The van der Waals surface area contributed by atoms with E-state index in [1.807, 2.05) is 6.92 Å². The van der Waals surface area contributed by atoms with Gasteiger partial charge in [0.05, 0.1) is 0 Å². The van der Waals surface area contributed by atoms with Crippen LogP contribution >= 0.6 is 22.6 Å². The van der Waals surface area contributed by atoms with E-state index in [2.05, 4.69) is 22.6 Å². The summed E-state index contributed by atoms with van der Waals surface area (Å²) in [4.78, 5) is 46.0. The molecule has 1 aliphatic heterocycles. The fourth-order valence-electron chi connectivity index (χ4n) is 2.83. The lowest BCUT2D eigenvalue weighted by Gasteiger charge is -2.44. The molecule has 1 rings (SSSR count). The molecule has 10 heteroatoms. The predicted octanol–water partition coefficient (Wildman–Crippen LogP) is 1.33. The van der Waals surface area contributed by atoms with Crippen LogP contribution in [0.5, 0.6) is 0 Å². The van der Waals surface area contributed by atoms with E-state index in [0.29, 0.717) is 6.42 Å². The number of ether oxygens (including phenoxy) is 5. The smallest absolute Gasteiger partial charge is 0.303 e. The van der Waals surface area contributed by atoms with Crippen LogP contribution in [0.25, 0.3) is 0 Å². The molecule has 0 aliphatic carbocycles. The van der Waals surface area contributed by atoms with Gasteiger partial charge >= 0.3 is 23.9 Å². The Morgan fingerprint density at radius 3 is 1.67 bits per heavy atom. The highest BCUT2D eigenvalue weighted by Crippen LogP contribution is 2.32. The fourth-order valence-corrected chi connectivity index (χ4v) is 3.33. The molecule has 27 heavy (non-hydrogen) atoms. The topological polar surface area (TPSA) is 114 Å². The van der Waals surface area contributed by atoms with Crippen molar-refractivity contribution in [2.24, 2.45) is 0 Å². The van der Waals surface area contributed by atoms with E-state index >= 15 is 0 Å². The molecule has 0 saturated carbocycles. The van der Waals surface area contributed by atoms with Gasteiger partial charge in [0, 0.05) is 31.6 Å². The lowest BCUT2D eigenvalue weighted by atomic mass is 9.92.